The second kappa shape index (κ2) is 4.59. The maximum absolute atomic E-state index is 9.64. The molecule has 0 amide bonds. The summed E-state index contributed by atoms with van der Waals surface area (Å²) in [5.74, 6) is 0. The molecule has 0 aromatic carbocycles. The summed E-state index contributed by atoms with van der Waals surface area (Å²) < 4.78 is 2.04. The molecule has 0 radical (unpaired) electrons. The quantitative estimate of drug-likeness (QED) is 0.862. The number of aromatic nitrogens is 2. The standard InChI is InChI=1S/C11H14N2OS/c1-2-11(14)9-3-4-13(5-9)6-10-7-15-8-12-10/h3-5,7-8,11,14H,2,6H2,1H3. The first-order valence-corrected chi connectivity index (χ1v) is 5.94. The average molecular weight is 222 g/mol. The second-order valence-corrected chi connectivity index (χ2v) is 4.24. The van der Waals surface area contributed by atoms with Crippen LogP contribution in [0.15, 0.2) is 29.4 Å². The average Bonchev–Trinajstić information content (AvgIpc) is 2.88. The van der Waals surface area contributed by atoms with E-state index in [2.05, 4.69) is 4.98 Å². The lowest BCUT2D eigenvalue weighted by atomic mass is 10.1. The fourth-order valence-electron chi connectivity index (χ4n) is 1.49. The molecule has 1 N–H and O–H groups in total. The summed E-state index contributed by atoms with van der Waals surface area (Å²) in [7, 11) is 0. The van der Waals surface area contributed by atoms with E-state index in [1.807, 2.05) is 40.8 Å². The molecule has 0 bridgehead atoms. The fourth-order valence-corrected chi connectivity index (χ4v) is 2.04. The SMILES string of the molecule is CCC(O)c1ccn(Cc2cscn2)c1. The van der Waals surface area contributed by atoms with Crippen molar-refractivity contribution in [2.45, 2.75) is 26.0 Å². The summed E-state index contributed by atoms with van der Waals surface area (Å²) in [5.41, 5.74) is 3.88. The van der Waals surface area contributed by atoms with Gasteiger partial charge in [-0.25, -0.2) is 4.98 Å². The zero-order chi connectivity index (χ0) is 10.7. The van der Waals surface area contributed by atoms with Crippen LogP contribution in [0.4, 0.5) is 0 Å². The molecule has 1 unspecified atom stereocenters. The molecule has 0 saturated heterocycles. The van der Waals surface area contributed by atoms with E-state index in [0.717, 1.165) is 24.2 Å². The molecule has 15 heavy (non-hydrogen) atoms. The van der Waals surface area contributed by atoms with Crippen LogP contribution in [0.3, 0.4) is 0 Å². The van der Waals surface area contributed by atoms with Crippen molar-refractivity contribution in [1.29, 1.82) is 0 Å². The molecule has 0 fully saturated rings. The molecule has 2 aromatic rings. The molecule has 3 nitrogen and oxygen atoms in total. The Morgan fingerprint density at radius 3 is 3.13 bits per heavy atom. The monoisotopic (exact) mass is 222 g/mol. The third-order valence-corrected chi connectivity index (χ3v) is 3.01. The smallest absolute Gasteiger partial charge is 0.0802 e. The van der Waals surface area contributed by atoms with Crippen LogP contribution in [0, 0.1) is 0 Å². The largest absolute Gasteiger partial charge is 0.388 e. The van der Waals surface area contributed by atoms with Crippen LogP contribution >= 0.6 is 11.3 Å². The number of hydrogen-bond acceptors (Lipinski definition) is 3. The number of hydrogen-bond donors (Lipinski definition) is 1. The minimum Gasteiger partial charge on any atom is -0.388 e. The molecule has 2 aromatic heterocycles. The molecule has 2 heterocycles. The van der Waals surface area contributed by atoms with Gasteiger partial charge >= 0.3 is 0 Å². The van der Waals surface area contributed by atoms with Crippen molar-refractivity contribution >= 4 is 11.3 Å². The summed E-state index contributed by atoms with van der Waals surface area (Å²) in [6, 6.07) is 1.96. The van der Waals surface area contributed by atoms with Gasteiger partial charge < -0.3 is 9.67 Å². The van der Waals surface area contributed by atoms with E-state index >= 15 is 0 Å². The topological polar surface area (TPSA) is 38.0 Å². The van der Waals surface area contributed by atoms with Crippen molar-refractivity contribution < 1.29 is 5.11 Å². The van der Waals surface area contributed by atoms with E-state index in [1.54, 1.807) is 11.3 Å². The van der Waals surface area contributed by atoms with Gasteiger partial charge in [-0.2, -0.15) is 0 Å². The first-order chi connectivity index (χ1) is 7.29. The third-order valence-electron chi connectivity index (χ3n) is 2.37. The van der Waals surface area contributed by atoms with Gasteiger partial charge in [0.05, 0.1) is 23.9 Å². The van der Waals surface area contributed by atoms with Crippen molar-refractivity contribution in [2.24, 2.45) is 0 Å². The maximum Gasteiger partial charge on any atom is 0.0802 e. The van der Waals surface area contributed by atoms with E-state index in [0.29, 0.717) is 0 Å². The van der Waals surface area contributed by atoms with E-state index in [-0.39, 0.29) is 6.10 Å². The Bertz CT molecular complexity index is 408. The number of aliphatic hydroxyl groups is 1. The summed E-state index contributed by atoms with van der Waals surface area (Å²) in [4.78, 5) is 4.22. The fraction of sp³-hybridized carbons (Fsp3) is 0.364. The van der Waals surface area contributed by atoms with E-state index < -0.39 is 0 Å². The minimum absolute atomic E-state index is 0.346. The zero-order valence-electron chi connectivity index (χ0n) is 8.63. The van der Waals surface area contributed by atoms with E-state index in [9.17, 15) is 5.11 Å². The Balaban J connectivity index is 2.07. The van der Waals surface area contributed by atoms with Crippen molar-refractivity contribution in [3.05, 3.63) is 40.6 Å². The van der Waals surface area contributed by atoms with Crippen LogP contribution in [0.25, 0.3) is 0 Å². The number of nitrogens with zero attached hydrogens (tertiary/aromatic N) is 2. The van der Waals surface area contributed by atoms with Crippen LogP contribution in [0.5, 0.6) is 0 Å². The number of rotatable bonds is 4. The zero-order valence-corrected chi connectivity index (χ0v) is 9.44. The highest BCUT2D eigenvalue weighted by Crippen LogP contribution is 2.16. The Hall–Kier alpha value is -1.13. The first kappa shape index (κ1) is 10.4. The highest BCUT2D eigenvalue weighted by atomic mass is 32.1. The van der Waals surface area contributed by atoms with Crippen LogP contribution in [0.2, 0.25) is 0 Å². The van der Waals surface area contributed by atoms with Gasteiger partial charge in [-0.1, -0.05) is 6.92 Å². The molecule has 0 saturated carbocycles. The van der Waals surface area contributed by atoms with Gasteiger partial charge in [0.25, 0.3) is 0 Å². The van der Waals surface area contributed by atoms with Crippen molar-refractivity contribution in [3.63, 3.8) is 0 Å². The molecule has 80 valence electrons. The van der Waals surface area contributed by atoms with Gasteiger partial charge in [0.2, 0.25) is 0 Å². The summed E-state index contributed by atoms with van der Waals surface area (Å²) in [6.07, 6.45) is 4.36. The van der Waals surface area contributed by atoms with Crippen LogP contribution in [-0.4, -0.2) is 14.7 Å². The molecule has 0 aliphatic carbocycles. The molecule has 1 atom stereocenters. The predicted octanol–water partition coefficient (Wildman–Crippen LogP) is 2.44. The summed E-state index contributed by atoms with van der Waals surface area (Å²) in [5, 5.41) is 11.7. The lowest BCUT2D eigenvalue weighted by molar-refractivity contribution is 0.173. The van der Waals surface area contributed by atoms with Gasteiger partial charge in [-0.05, 0) is 18.1 Å². The Kier molecular flexibility index (Phi) is 3.18. The van der Waals surface area contributed by atoms with E-state index in [1.165, 1.54) is 0 Å². The molecule has 4 heteroatoms. The van der Waals surface area contributed by atoms with E-state index in [4.69, 9.17) is 0 Å². The molecular formula is C11H14N2OS. The lowest BCUT2D eigenvalue weighted by Crippen LogP contribution is -1.97. The predicted molar refractivity (Wildman–Crippen MR) is 60.9 cm³/mol. The number of thiazole rings is 1. The molecule has 2 rings (SSSR count). The number of aliphatic hydroxyl groups excluding tert-OH is 1. The molecule has 0 aliphatic rings. The second-order valence-electron chi connectivity index (χ2n) is 3.52. The van der Waals surface area contributed by atoms with Crippen LogP contribution in [-0.2, 0) is 6.54 Å². The lowest BCUT2D eigenvalue weighted by Gasteiger charge is -2.03. The maximum atomic E-state index is 9.64. The highest BCUT2D eigenvalue weighted by molar-refractivity contribution is 7.07. The Morgan fingerprint density at radius 1 is 1.60 bits per heavy atom. The summed E-state index contributed by atoms with van der Waals surface area (Å²) >= 11 is 1.60. The Labute approximate surface area is 93.0 Å². The third kappa shape index (κ3) is 2.46. The molecule has 0 spiro atoms. The molecular weight excluding hydrogens is 208 g/mol. The van der Waals surface area contributed by atoms with Crippen molar-refractivity contribution in [1.82, 2.24) is 9.55 Å². The van der Waals surface area contributed by atoms with Crippen molar-refractivity contribution in [2.75, 3.05) is 0 Å². The van der Waals surface area contributed by atoms with Crippen molar-refractivity contribution in [3.8, 4) is 0 Å². The van der Waals surface area contributed by atoms with Gasteiger partial charge in [0, 0.05) is 17.8 Å². The summed E-state index contributed by atoms with van der Waals surface area (Å²) in [6.45, 7) is 2.75. The highest BCUT2D eigenvalue weighted by Gasteiger charge is 2.06. The Morgan fingerprint density at radius 2 is 2.47 bits per heavy atom. The van der Waals surface area contributed by atoms with Gasteiger partial charge in [0.15, 0.2) is 0 Å². The molecule has 0 aliphatic heterocycles. The van der Waals surface area contributed by atoms with Crippen LogP contribution < -0.4 is 0 Å². The first-order valence-electron chi connectivity index (χ1n) is 5.00. The normalized spacial score (nSPS) is 12.9. The van der Waals surface area contributed by atoms with Gasteiger partial charge in [-0.15, -0.1) is 11.3 Å². The van der Waals surface area contributed by atoms with Gasteiger partial charge in [0.1, 0.15) is 0 Å². The van der Waals surface area contributed by atoms with Gasteiger partial charge in [-0.3, -0.25) is 0 Å². The minimum atomic E-state index is -0.346. The van der Waals surface area contributed by atoms with Crippen LogP contribution in [0.1, 0.15) is 30.7 Å².